The first-order valence-corrected chi connectivity index (χ1v) is 7.06. The lowest BCUT2D eigenvalue weighted by molar-refractivity contribution is 0.488. The van der Waals surface area contributed by atoms with Gasteiger partial charge >= 0.3 is 0 Å². The van der Waals surface area contributed by atoms with E-state index in [4.69, 9.17) is 0 Å². The molecule has 4 nitrogen and oxygen atoms in total. The summed E-state index contributed by atoms with van der Waals surface area (Å²) >= 11 is 0. The predicted molar refractivity (Wildman–Crippen MR) is 58.3 cm³/mol. The van der Waals surface area contributed by atoms with Crippen molar-refractivity contribution in [2.24, 2.45) is 5.92 Å². The van der Waals surface area contributed by atoms with Crippen molar-refractivity contribution in [2.75, 3.05) is 11.5 Å². The summed E-state index contributed by atoms with van der Waals surface area (Å²) in [6.45, 7) is 2.83. The van der Waals surface area contributed by atoms with E-state index in [-0.39, 0.29) is 0 Å². The molecular formula is C10H16N2O2S. The highest BCUT2D eigenvalue weighted by atomic mass is 32.2. The highest BCUT2D eigenvalue weighted by molar-refractivity contribution is 7.91. The molecule has 0 spiro atoms. The van der Waals surface area contributed by atoms with Crippen LogP contribution in [-0.2, 0) is 16.4 Å². The molecular weight excluding hydrogens is 212 g/mol. The smallest absolute Gasteiger partial charge is 0.150 e. The second-order valence-electron chi connectivity index (χ2n) is 4.31. The topological polar surface area (TPSA) is 52.0 Å². The first kappa shape index (κ1) is 10.7. The molecule has 0 amide bonds. The molecule has 1 unspecified atom stereocenters. The first-order valence-electron chi connectivity index (χ1n) is 5.24. The quantitative estimate of drug-likeness (QED) is 0.776. The zero-order valence-corrected chi connectivity index (χ0v) is 9.70. The summed E-state index contributed by atoms with van der Waals surface area (Å²) in [4.78, 5) is 4.14. The van der Waals surface area contributed by atoms with Crippen molar-refractivity contribution in [1.82, 2.24) is 9.55 Å². The fourth-order valence-corrected chi connectivity index (χ4v) is 3.94. The van der Waals surface area contributed by atoms with Crippen molar-refractivity contribution < 1.29 is 8.42 Å². The van der Waals surface area contributed by atoms with E-state index in [2.05, 4.69) is 4.98 Å². The van der Waals surface area contributed by atoms with Gasteiger partial charge in [0.2, 0.25) is 0 Å². The molecule has 2 heterocycles. The molecule has 15 heavy (non-hydrogen) atoms. The number of aromatic nitrogens is 2. The molecule has 1 aliphatic heterocycles. The van der Waals surface area contributed by atoms with Gasteiger partial charge in [-0.15, -0.1) is 0 Å². The lowest BCUT2D eigenvalue weighted by atomic mass is 10.1. The molecule has 1 aromatic heterocycles. The van der Waals surface area contributed by atoms with Crippen LogP contribution in [0.1, 0.15) is 18.5 Å². The minimum Gasteiger partial charge on any atom is -0.337 e. The Labute approximate surface area is 90.2 Å². The largest absolute Gasteiger partial charge is 0.337 e. The Morgan fingerprint density at radius 1 is 1.60 bits per heavy atom. The van der Waals surface area contributed by atoms with E-state index in [1.807, 2.05) is 17.7 Å². The van der Waals surface area contributed by atoms with E-state index >= 15 is 0 Å². The maximum Gasteiger partial charge on any atom is 0.150 e. The Morgan fingerprint density at radius 3 is 2.93 bits per heavy atom. The molecule has 0 saturated carbocycles. The number of imidazole rings is 1. The number of rotatable bonds is 3. The fourth-order valence-electron chi connectivity index (χ4n) is 2.03. The number of aryl methyl sites for hydroxylation is 2. The van der Waals surface area contributed by atoms with Crippen LogP contribution in [0, 0.1) is 12.8 Å². The summed E-state index contributed by atoms with van der Waals surface area (Å²) in [5.41, 5.74) is 1.01. The molecule has 1 saturated heterocycles. The van der Waals surface area contributed by atoms with E-state index in [0.717, 1.165) is 25.1 Å². The minimum absolute atomic E-state index is 0.345. The average molecular weight is 228 g/mol. The second-order valence-corrected chi connectivity index (χ2v) is 6.54. The molecule has 0 aromatic carbocycles. The number of hydrogen-bond donors (Lipinski definition) is 0. The molecule has 1 fully saturated rings. The Balaban J connectivity index is 1.85. The van der Waals surface area contributed by atoms with Gasteiger partial charge in [-0.25, -0.2) is 13.4 Å². The standard InChI is InChI=1S/C10H16N2O2S/c1-9-6-12(8-11-9)4-2-10-3-5-15(13,14)7-10/h6,8,10H,2-5,7H2,1H3. The van der Waals surface area contributed by atoms with Crippen LogP contribution in [0.2, 0.25) is 0 Å². The van der Waals surface area contributed by atoms with Gasteiger partial charge in [0.15, 0.2) is 9.84 Å². The molecule has 5 heteroatoms. The number of nitrogens with zero attached hydrogens (tertiary/aromatic N) is 2. The molecule has 1 aliphatic rings. The summed E-state index contributed by atoms with van der Waals surface area (Å²) in [5.74, 6) is 1.10. The van der Waals surface area contributed by atoms with Crippen LogP contribution < -0.4 is 0 Å². The van der Waals surface area contributed by atoms with Crippen LogP contribution in [0.3, 0.4) is 0 Å². The van der Waals surface area contributed by atoms with E-state index in [1.54, 1.807) is 6.33 Å². The van der Waals surface area contributed by atoms with Crippen LogP contribution in [0.5, 0.6) is 0 Å². The Hall–Kier alpha value is -0.840. The van der Waals surface area contributed by atoms with E-state index in [1.165, 1.54) is 0 Å². The van der Waals surface area contributed by atoms with Gasteiger partial charge in [-0.2, -0.15) is 0 Å². The van der Waals surface area contributed by atoms with Crippen LogP contribution in [0.4, 0.5) is 0 Å². The molecule has 84 valence electrons. The summed E-state index contributed by atoms with van der Waals surface area (Å²) in [6, 6.07) is 0. The summed E-state index contributed by atoms with van der Waals surface area (Å²) in [5, 5.41) is 0. The average Bonchev–Trinajstić information content (AvgIpc) is 2.69. The normalized spacial score (nSPS) is 24.5. The Bertz CT molecular complexity index is 436. The third kappa shape index (κ3) is 2.81. The van der Waals surface area contributed by atoms with E-state index in [0.29, 0.717) is 17.4 Å². The number of sulfone groups is 1. The van der Waals surface area contributed by atoms with Crippen molar-refractivity contribution in [3.05, 3.63) is 18.2 Å². The van der Waals surface area contributed by atoms with Gasteiger partial charge in [0.25, 0.3) is 0 Å². The lowest BCUT2D eigenvalue weighted by Gasteiger charge is -2.07. The third-order valence-electron chi connectivity index (χ3n) is 2.88. The zero-order chi connectivity index (χ0) is 10.9. The Kier molecular flexibility index (Phi) is 2.82. The fraction of sp³-hybridized carbons (Fsp3) is 0.700. The second kappa shape index (κ2) is 3.96. The van der Waals surface area contributed by atoms with Crippen LogP contribution in [0.15, 0.2) is 12.5 Å². The summed E-state index contributed by atoms with van der Waals surface area (Å²) < 4.78 is 24.5. The van der Waals surface area contributed by atoms with Crippen molar-refractivity contribution >= 4 is 9.84 Å². The molecule has 1 atom stereocenters. The van der Waals surface area contributed by atoms with Crippen LogP contribution >= 0.6 is 0 Å². The van der Waals surface area contributed by atoms with Crippen LogP contribution in [-0.4, -0.2) is 29.5 Å². The van der Waals surface area contributed by atoms with Gasteiger partial charge in [0, 0.05) is 12.7 Å². The molecule has 0 N–H and O–H groups in total. The monoisotopic (exact) mass is 228 g/mol. The maximum atomic E-state index is 11.2. The highest BCUT2D eigenvalue weighted by Gasteiger charge is 2.27. The summed E-state index contributed by atoms with van der Waals surface area (Å²) in [7, 11) is -2.72. The Morgan fingerprint density at radius 2 is 2.40 bits per heavy atom. The van der Waals surface area contributed by atoms with Gasteiger partial charge in [0.1, 0.15) is 0 Å². The van der Waals surface area contributed by atoms with Crippen molar-refractivity contribution in [2.45, 2.75) is 26.3 Å². The van der Waals surface area contributed by atoms with E-state index in [9.17, 15) is 8.42 Å². The van der Waals surface area contributed by atoms with Gasteiger partial charge in [-0.1, -0.05) is 0 Å². The molecule has 0 radical (unpaired) electrons. The summed E-state index contributed by atoms with van der Waals surface area (Å²) in [6.07, 6.45) is 5.56. The van der Waals surface area contributed by atoms with Crippen molar-refractivity contribution in [3.63, 3.8) is 0 Å². The van der Waals surface area contributed by atoms with Crippen LogP contribution in [0.25, 0.3) is 0 Å². The zero-order valence-electron chi connectivity index (χ0n) is 8.89. The van der Waals surface area contributed by atoms with Gasteiger partial charge in [-0.05, 0) is 25.7 Å². The number of hydrogen-bond acceptors (Lipinski definition) is 3. The molecule has 0 bridgehead atoms. The van der Waals surface area contributed by atoms with Crippen molar-refractivity contribution in [3.8, 4) is 0 Å². The maximum absolute atomic E-state index is 11.2. The van der Waals surface area contributed by atoms with E-state index < -0.39 is 9.84 Å². The van der Waals surface area contributed by atoms with Gasteiger partial charge < -0.3 is 4.57 Å². The highest BCUT2D eigenvalue weighted by Crippen LogP contribution is 2.22. The molecule has 1 aromatic rings. The first-order chi connectivity index (χ1) is 7.05. The lowest BCUT2D eigenvalue weighted by Crippen LogP contribution is -2.07. The van der Waals surface area contributed by atoms with Crippen molar-refractivity contribution in [1.29, 1.82) is 0 Å². The molecule has 2 rings (SSSR count). The molecule has 0 aliphatic carbocycles. The third-order valence-corrected chi connectivity index (χ3v) is 4.72. The predicted octanol–water partition coefficient (Wildman–Crippen LogP) is 1.02. The minimum atomic E-state index is -2.72. The van der Waals surface area contributed by atoms with Gasteiger partial charge in [-0.3, -0.25) is 0 Å². The van der Waals surface area contributed by atoms with Gasteiger partial charge in [0.05, 0.1) is 23.5 Å². The SMILES string of the molecule is Cc1cn(CCC2CCS(=O)(=O)C2)cn1.